The Morgan fingerprint density at radius 1 is 1.35 bits per heavy atom. The molecule has 1 aliphatic heterocycles. The fourth-order valence-electron chi connectivity index (χ4n) is 3.78. The first-order chi connectivity index (χ1) is 12.4. The number of hydrogen-bond donors (Lipinski definition) is 1. The van der Waals surface area contributed by atoms with E-state index in [2.05, 4.69) is 0 Å². The maximum absolute atomic E-state index is 12.8. The highest BCUT2D eigenvalue weighted by Crippen LogP contribution is 2.32. The quantitative estimate of drug-likeness (QED) is 0.888. The van der Waals surface area contributed by atoms with E-state index >= 15 is 0 Å². The topological polar surface area (TPSA) is 80.0 Å². The number of benzene rings is 1. The number of hydrogen-bond acceptors (Lipinski definition) is 4. The summed E-state index contributed by atoms with van der Waals surface area (Å²) in [6.07, 6.45) is 3.02. The number of rotatable bonds is 5. The first-order valence-electron chi connectivity index (χ1n) is 8.84. The molecular formula is C20H25NO5. The van der Waals surface area contributed by atoms with Crippen molar-refractivity contribution in [3.63, 3.8) is 0 Å². The number of amides is 1. The smallest absolute Gasteiger partial charge is 0.313 e. The lowest BCUT2D eigenvalue weighted by molar-refractivity contribution is -0.159. The fourth-order valence-corrected chi connectivity index (χ4v) is 3.78. The molecule has 1 atom stereocenters. The SMILES string of the molecule is COCC1(C(=O)O)CCCN(C(=O)Cc2coc3c(C)c(C)ccc23)C1. The predicted octanol–water partition coefficient (Wildman–Crippen LogP) is 2.93. The summed E-state index contributed by atoms with van der Waals surface area (Å²) in [7, 11) is 1.49. The van der Waals surface area contributed by atoms with Crippen LogP contribution in [0.4, 0.5) is 0 Å². The standard InChI is InChI=1S/C20H25NO5/c1-13-5-6-16-15(10-26-18(16)14(13)2)9-17(22)21-8-4-7-20(11-21,12-25-3)19(23)24/h5-6,10H,4,7-9,11-12H2,1-3H3,(H,23,24). The van der Waals surface area contributed by atoms with Crippen molar-refractivity contribution >= 4 is 22.8 Å². The van der Waals surface area contributed by atoms with E-state index in [1.165, 1.54) is 7.11 Å². The Labute approximate surface area is 152 Å². The lowest BCUT2D eigenvalue weighted by atomic mass is 9.80. The molecule has 1 aromatic heterocycles. The Morgan fingerprint density at radius 3 is 2.81 bits per heavy atom. The summed E-state index contributed by atoms with van der Waals surface area (Å²) in [4.78, 5) is 26.2. The summed E-state index contributed by atoms with van der Waals surface area (Å²) < 4.78 is 10.8. The second-order valence-electron chi connectivity index (χ2n) is 7.26. The van der Waals surface area contributed by atoms with Crippen molar-refractivity contribution in [2.75, 3.05) is 26.8 Å². The number of aliphatic carboxylic acids is 1. The van der Waals surface area contributed by atoms with Crippen LogP contribution in [0, 0.1) is 19.3 Å². The lowest BCUT2D eigenvalue weighted by Gasteiger charge is -2.39. The Kier molecular flexibility index (Phi) is 5.05. The van der Waals surface area contributed by atoms with Crippen LogP contribution in [0.3, 0.4) is 0 Å². The van der Waals surface area contributed by atoms with Gasteiger partial charge in [0, 0.05) is 31.1 Å². The fraction of sp³-hybridized carbons (Fsp3) is 0.500. The van der Waals surface area contributed by atoms with Gasteiger partial charge in [0.2, 0.25) is 5.91 Å². The monoisotopic (exact) mass is 359 g/mol. The van der Waals surface area contributed by atoms with E-state index in [1.54, 1.807) is 11.2 Å². The van der Waals surface area contributed by atoms with Crippen molar-refractivity contribution in [3.8, 4) is 0 Å². The van der Waals surface area contributed by atoms with Crippen LogP contribution < -0.4 is 0 Å². The van der Waals surface area contributed by atoms with Gasteiger partial charge < -0.3 is 19.2 Å². The van der Waals surface area contributed by atoms with Gasteiger partial charge in [0.1, 0.15) is 11.0 Å². The minimum absolute atomic E-state index is 0.0765. The van der Waals surface area contributed by atoms with Gasteiger partial charge in [-0.1, -0.05) is 12.1 Å². The number of nitrogens with zero attached hydrogens (tertiary/aromatic N) is 1. The van der Waals surface area contributed by atoms with Gasteiger partial charge in [0.05, 0.1) is 19.3 Å². The molecule has 1 aliphatic rings. The predicted molar refractivity (Wildman–Crippen MR) is 97.2 cm³/mol. The van der Waals surface area contributed by atoms with Crippen molar-refractivity contribution in [2.24, 2.45) is 5.41 Å². The highest BCUT2D eigenvalue weighted by atomic mass is 16.5. The minimum atomic E-state index is -1.02. The first-order valence-corrected chi connectivity index (χ1v) is 8.84. The van der Waals surface area contributed by atoms with Crippen LogP contribution in [-0.2, 0) is 20.7 Å². The van der Waals surface area contributed by atoms with Gasteiger partial charge in [-0.3, -0.25) is 9.59 Å². The molecule has 0 radical (unpaired) electrons. The number of piperidine rings is 1. The van der Waals surface area contributed by atoms with Crippen molar-refractivity contribution in [1.29, 1.82) is 0 Å². The summed E-state index contributed by atoms with van der Waals surface area (Å²) >= 11 is 0. The number of carbonyl (C=O) groups excluding carboxylic acids is 1. The summed E-state index contributed by atoms with van der Waals surface area (Å²) in [5, 5.41) is 10.6. The highest BCUT2D eigenvalue weighted by Gasteiger charge is 2.43. The molecule has 0 spiro atoms. The van der Waals surface area contributed by atoms with Crippen molar-refractivity contribution in [1.82, 2.24) is 4.90 Å². The number of carboxylic acid groups (broad SMARTS) is 1. The largest absolute Gasteiger partial charge is 0.481 e. The van der Waals surface area contributed by atoms with Crippen molar-refractivity contribution in [2.45, 2.75) is 33.1 Å². The van der Waals surface area contributed by atoms with E-state index in [4.69, 9.17) is 9.15 Å². The zero-order chi connectivity index (χ0) is 18.9. The molecule has 0 bridgehead atoms. The van der Waals surface area contributed by atoms with Crippen molar-refractivity contribution < 1.29 is 23.8 Å². The number of aryl methyl sites for hydroxylation is 2. The van der Waals surface area contributed by atoms with Crippen LogP contribution in [-0.4, -0.2) is 48.7 Å². The molecule has 2 aromatic rings. The third-order valence-corrected chi connectivity index (χ3v) is 5.49. The molecule has 140 valence electrons. The molecule has 3 rings (SSSR count). The van der Waals surface area contributed by atoms with Crippen LogP contribution in [0.5, 0.6) is 0 Å². The second-order valence-corrected chi connectivity index (χ2v) is 7.26. The Balaban J connectivity index is 1.80. The Hall–Kier alpha value is -2.34. The minimum Gasteiger partial charge on any atom is -0.481 e. The van der Waals surface area contributed by atoms with Crippen LogP contribution in [0.15, 0.2) is 22.8 Å². The summed E-state index contributed by atoms with van der Waals surface area (Å²) in [5.41, 5.74) is 2.85. The number of furan rings is 1. The molecule has 6 nitrogen and oxygen atoms in total. The second kappa shape index (κ2) is 7.11. The van der Waals surface area contributed by atoms with E-state index < -0.39 is 11.4 Å². The molecule has 1 amide bonds. The third-order valence-electron chi connectivity index (χ3n) is 5.49. The van der Waals surface area contributed by atoms with Gasteiger partial charge >= 0.3 is 5.97 Å². The number of likely N-dealkylation sites (tertiary alicyclic amines) is 1. The molecule has 1 aromatic carbocycles. The molecule has 0 saturated carbocycles. The third kappa shape index (κ3) is 3.21. The van der Waals surface area contributed by atoms with Crippen molar-refractivity contribution in [3.05, 3.63) is 35.1 Å². The molecule has 1 N–H and O–H groups in total. The molecular weight excluding hydrogens is 334 g/mol. The van der Waals surface area contributed by atoms with Gasteiger partial charge in [-0.25, -0.2) is 0 Å². The first kappa shape index (κ1) is 18.5. The van der Waals surface area contributed by atoms with Gasteiger partial charge in [-0.2, -0.15) is 0 Å². The summed E-state index contributed by atoms with van der Waals surface area (Å²) in [5.74, 6) is -0.982. The normalized spacial score (nSPS) is 20.5. The summed E-state index contributed by atoms with van der Waals surface area (Å²) in [6.45, 7) is 4.90. The summed E-state index contributed by atoms with van der Waals surface area (Å²) in [6, 6.07) is 4.00. The van der Waals surface area contributed by atoms with E-state index in [0.29, 0.717) is 19.4 Å². The molecule has 0 aliphatic carbocycles. The zero-order valence-corrected chi connectivity index (χ0v) is 15.5. The van der Waals surface area contributed by atoms with E-state index in [9.17, 15) is 14.7 Å². The van der Waals surface area contributed by atoms with E-state index in [-0.39, 0.29) is 25.5 Å². The van der Waals surface area contributed by atoms with E-state index in [1.807, 2.05) is 26.0 Å². The Morgan fingerprint density at radius 2 is 2.12 bits per heavy atom. The Bertz CT molecular complexity index is 836. The molecule has 1 unspecified atom stereocenters. The van der Waals surface area contributed by atoms with E-state index in [0.717, 1.165) is 27.7 Å². The molecule has 1 fully saturated rings. The lowest BCUT2D eigenvalue weighted by Crippen LogP contribution is -2.52. The maximum atomic E-state index is 12.8. The zero-order valence-electron chi connectivity index (χ0n) is 15.5. The number of carboxylic acids is 1. The molecule has 6 heteroatoms. The average molecular weight is 359 g/mol. The highest BCUT2D eigenvalue weighted by molar-refractivity contribution is 5.90. The van der Waals surface area contributed by atoms with Gasteiger partial charge in [-0.05, 0) is 37.8 Å². The van der Waals surface area contributed by atoms with Gasteiger partial charge in [0.15, 0.2) is 0 Å². The molecule has 1 saturated heterocycles. The van der Waals surface area contributed by atoms with Crippen LogP contribution in [0.1, 0.15) is 29.5 Å². The van der Waals surface area contributed by atoms with Gasteiger partial charge in [-0.15, -0.1) is 0 Å². The number of carbonyl (C=O) groups is 2. The van der Waals surface area contributed by atoms with Crippen LogP contribution in [0.25, 0.3) is 11.0 Å². The number of ether oxygens (including phenoxy) is 1. The molecule has 26 heavy (non-hydrogen) atoms. The average Bonchev–Trinajstić information content (AvgIpc) is 3.02. The van der Waals surface area contributed by atoms with Gasteiger partial charge in [0.25, 0.3) is 0 Å². The maximum Gasteiger partial charge on any atom is 0.313 e. The van der Waals surface area contributed by atoms with Crippen LogP contribution >= 0.6 is 0 Å². The number of methoxy groups -OCH3 is 1. The number of fused-ring (bicyclic) bond motifs is 1. The van der Waals surface area contributed by atoms with Crippen LogP contribution in [0.2, 0.25) is 0 Å². The molecule has 2 heterocycles.